The molecule has 1 amide bonds. The number of aliphatic hydroxyl groups excluding tert-OH is 3. The molecule has 0 spiro atoms. The Morgan fingerprint density at radius 2 is 2.00 bits per heavy atom. The van der Waals surface area contributed by atoms with E-state index < -0.39 is 53.6 Å². The van der Waals surface area contributed by atoms with Crippen molar-refractivity contribution in [2.45, 2.75) is 37.6 Å². The van der Waals surface area contributed by atoms with Crippen LogP contribution in [-0.4, -0.2) is 71.4 Å². The number of carbonyl (C=O) groups excluding carboxylic acids is 1. The number of nitrogens with one attached hydrogen (secondary N) is 1. The molecular formula is C8H15NO9S. The van der Waals surface area contributed by atoms with Crippen LogP contribution in [0.4, 0.5) is 0 Å². The molecule has 1 fully saturated rings. The third kappa shape index (κ3) is 4.35. The minimum absolute atomic E-state index is 0.611. The van der Waals surface area contributed by atoms with Crippen LogP contribution in [0.2, 0.25) is 0 Å². The van der Waals surface area contributed by atoms with E-state index in [0.29, 0.717) is 0 Å². The van der Waals surface area contributed by atoms with E-state index in [1.807, 2.05) is 0 Å². The van der Waals surface area contributed by atoms with Gasteiger partial charge in [-0.1, -0.05) is 0 Å². The van der Waals surface area contributed by atoms with Crippen molar-refractivity contribution in [3.8, 4) is 0 Å². The first-order valence-electron chi connectivity index (χ1n) is 5.21. The van der Waals surface area contributed by atoms with E-state index in [2.05, 4.69) is 9.50 Å². The Labute approximate surface area is 108 Å². The molecule has 10 nitrogen and oxygen atoms in total. The van der Waals surface area contributed by atoms with E-state index in [0.717, 1.165) is 6.92 Å². The van der Waals surface area contributed by atoms with Crippen LogP contribution in [0.5, 0.6) is 0 Å². The number of ether oxygens (including phenoxy) is 1. The van der Waals surface area contributed by atoms with Crippen LogP contribution >= 0.6 is 0 Å². The molecule has 5 N–H and O–H groups in total. The summed E-state index contributed by atoms with van der Waals surface area (Å²) in [5.74, 6) is -0.611. The van der Waals surface area contributed by atoms with Gasteiger partial charge in [0.05, 0.1) is 6.61 Å². The maximum atomic E-state index is 10.9. The molecule has 1 aliphatic heterocycles. The van der Waals surface area contributed by atoms with Crippen LogP contribution in [0.15, 0.2) is 0 Å². The molecule has 0 bridgehead atoms. The molecule has 1 heterocycles. The molecule has 112 valence electrons. The summed E-state index contributed by atoms with van der Waals surface area (Å²) in [7, 11) is -4.91. The molecule has 1 aliphatic rings. The maximum absolute atomic E-state index is 10.9. The summed E-state index contributed by atoms with van der Waals surface area (Å²) in [5, 5.41) is 30.5. The van der Waals surface area contributed by atoms with Crippen LogP contribution < -0.4 is 5.32 Å². The van der Waals surface area contributed by atoms with Gasteiger partial charge in [-0.15, -0.1) is 0 Å². The molecule has 5 unspecified atom stereocenters. The summed E-state index contributed by atoms with van der Waals surface area (Å²) in [6, 6.07) is -1.37. The van der Waals surface area contributed by atoms with Crippen molar-refractivity contribution in [1.82, 2.24) is 5.32 Å². The second-order valence-corrected chi connectivity index (χ2v) is 5.00. The lowest BCUT2D eigenvalue weighted by molar-refractivity contribution is -0.248. The van der Waals surface area contributed by atoms with E-state index in [-0.39, 0.29) is 0 Å². The molecule has 11 heteroatoms. The maximum Gasteiger partial charge on any atom is 0.397 e. The SMILES string of the molecule is CC(=O)NC1C(O)OC(CO)C(OS(=O)(=O)O)C1O. The topological polar surface area (TPSA) is 163 Å². The van der Waals surface area contributed by atoms with Crippen LogP contribution in [0, 0.1) is 0 Å². The molecule has 0 aromatic carbocycles. The second-order valence-electron chi connectivity index (χ2n) is 3.95. The van der Waals surface area contributed by atoms with Crippen molar-refractivity contribution in [2.24, 2.45) is 0 Å². The van der Waals surface area contributed by atoms with Gasteiger partial charge in [-0.25, -0.2) is 4.18 Å². The van der Waals surface area contributed by atoms with Gasteiger partial charge in [-0.2, -0.15) is 8.42 Å². The predicted octanol–water partition coefficient (Wildman–Crippen LogP) is -3.25. The molecule has 19 heavy (non-hydrogen) atoms. The number of hydrogen-bond donors (Lipinski definition) is 5. The van der Waals surface area contributed by atoms with Crippen molar-refractivity contribution in [1.29, 1.82) is 0 Å². The van der Waals surface area contributed by atoms with Gasteiger partial charge in [0.1, 0.15) is 24.4 Å². The first kappa shape index (κ1) is 16.2. The normalized spacial score (nSPS) is 35.9. The van der Waals surface area contributed by atoms with Crippen molar-refractivity contribution < 1.29 is 42.0 Å². The van der Waals surface area contributed by atoms with E-state index in [9.17, 15) is 23.4 Å². The lowest BCUT2D eigenvalue weighted by atomic mass is 9.97. The lowest BCUT2D eigenvalue weighted by Gasteiger charge is -2.41. The third-order valence-electron chi connectivity index (χ3n) is 2.47. The highest BCUT2D eigenvalue weighted by atomic mass is 32.3. The molecule has 5 atom stereocenters. The van der Waals surface area contributed by atoms with E-state index in [1.54, 1.807) is 0 Å². The molecule has 0 aromatic heterocycles. The number of hydrogen-bond acceptors (Lipinski definition) is 8. The largest absolute Gasteiger partial charge is 0.397 e. The summed E-state index contributed by atoms with van der Waals surface area (Å²) >= 11 is 0. The summed E-state index contributed by atoms with van der Waals surface area (Å²) in [5.41, 5.74) is 0. The predicted molar refractivity (Wildman–Crippen MR) is 58.0 cm³/mol. The zero-order chi connectivity index (χ0) is 14.8. The zero-order valence-corrected chi connectivity index (χ0v) is 10.6. The van der Waals surface area contributed by atoms with Gasteiger partial charge in [0, 0.05) is 6.92 Å². The molecule has 1 saturated heterocycles. The highest BCUT2D eigenvalue weighted by molar-refractivity contribution is 7.80. The standard InChI is InChI=1S/C8H15NO9S/c1-3(11)9-5-6(12)7(18-19(14,15)16)4(2-10)17-8(5)13/h4-8,10,12-13H,2H2,1H3,(H,9,11)(H,14,15,16). The van der Waals surface area contributed by atoms with Gasteiger partial charge < -0.3 is 25.4 Å². The lowest BCUT2D eigenvalue weighted by Crippen LogP contribution is -2.64. The quantitative estimate of drug-likeness (QED) is 0.335. The zero-order valence-electron chi connectivity index (χ0n) is 9.83. The van der Waals surface area contributed by atoms with Crippen molar-refractivity contribution >= 4 is 16.3 Å². The Morgan fingerprint density at radius 3 is 2.42 bits per heavy atom. The molecular weight excluding hydrogens is 286 g/mol. The fourth-order valence-electron chi connectivity index (χ4n) is 1.73. The van der Waals surface area contributed by atoms with Crippen LogP contribution in [0.3, 0.4) is 0 Å². The minimum Gasteiger partial charge on any atom is -0.394 e. The molecule has 0 radical (unpaired) electrons. The summed E-state index contributed by atoms with van der Waals surface area (Å²) in [6.07, 6.45) is -6.46. The van der Waals surface area contributed by atoms with E-state index in [4.69, 9.17) is 14.4 Å². The smallest absolute Gasteiger partial charge is 0.394 e. The first-order chi connectivity index (χ1) is 8.65. The van der Waals surface area contributed by atoms with Crippen molar-refractivity contribution in [3.63, 3.8) is 0 Å². The van der Waals surface area contributed by atoms with Crippen LogP contribution in [0.25, 0.3) is 0 Å². The number of carbonyl (C=O) groups is 1. The summed E-state index contributed by atoms with van der Waals surface area (Å²) < 4.78 is 38.9. The van der Waals surface area contributed by atoms with Gasteiger partial charge >= 0.3 is 10.4 Å². The molecule has 0 aromatic rings. The van der Waals surface area contributed by atoms with E-state index in [1.165, 1.54) is 0 Å². The van der Waals surface area contributed by atoms with Crippen molar-refractivity contribution in [2.75, 3.05) is 6.61 Å². The monoisotopic (exact) mass is 301 g/mol. The van der Waals surface area contributed by atoms with Crippen LogP contribution in [0.1, 0.15) is 6.92 Å². The van der Waals surface area contributed by atoms with Crippen LogP contribution in [-0.2, 0) is 24.1 Å². The average molecular weight is 301 g/mol. The Kier molecular flexibility index (Phi) is 5.20. The van der Waals surface area contributed by atoms with Crippen molar-refractivity contribution in [3.05, 3.63) is 0 Å². The average Bonchev–Trinajstić information content (AvgIpc) is 2.26. The Hall–Kier alpha value is -0.820. The Morgan fingerprint density at radius 1 is 1.42 bits per heavy atom. The Balaban J connectivity index is 2.94. The molecule has 0 aliphatic carbocycles. The highest BCUT2D eigenvalue weighted by Crippen LogP contribution is 2.23. The molecule has 1 rings (SSSR count). The number of aliphatic hydroxyl groups is 3. The fraction of sp³-hybridized carbons (Fsp3) is 0.875. The van der Waals surface area contributed by atoms with Gasteiger partial charge in [0.25, 0.3) is 0 Å². The minimum atomic E-state index is -4.91. The fourth-order valence-corrected chi connectivity index (χ4v) is 2.25. The van der Waals surface area contributed by atoms with Gasteiger partial charge in [0.2, 0.25) is 5.91 Å². The van der Waals surface area contributed by atoms with Gasteiger partial charge in [-0.3, -0.25) is 9.35 Å². The second kappa shape index (κ2) is 6.09. The summed E-state index contributed by atoms with van der Waals surface area (Å²) in [6.45, 7) is 0.331. The first-order valence-corrected chi connectivity index (χ1v) is 6.57. The van der Waals surface area contributed by atoms with E-state index >= 15 is 0 Å². The Bertz CT molecular complexity index is 424. The van der Waals surface area contributed by atoms with Gasteiger partial charge in [-0.05, 0) is 0 Å². The number of amides is 1. The van der Waals surface area contributed by atoms with Gasteiger partial charge in [0.15, 0.2) is 6.29 Å². The summed E-state index contributed by atoms with van der Waals surface area (Å²) in [4.78, 5) is 10.9. The highest BCUT2D eigenvalue weighted by Gasteiger charge is 2.47. The number of rotatable bonds is 4. The third-order valence-corrected chi connectivity index (χ3v) is 2.94. The molecule has 0 saturated carbocycles.